The van der Waals surface area contributed by atoms with Gasteiger partial charge in [-0.15, -0.1) is 0 Å². The van der Waals surface area contributed by atoms with Gasteiger partial charge in [0.2, 0.25) is 0 Å². The molecule has 3 heteroatoms. The van der Waals surface area contributed by atoms with E-state index in [1.54, 1.807) is 12.4 Å². The van der Waals surface area contributed by atoms with E-state index in [-0.39, 0.29) is 0 Å². The number of benzene rings is 2. The van der Waals surface area contributed by atoms with Gasteiger partial charge in [-0.05, 0) is 39.9 Å². The number of aromatic nitrogens is 1. The predicted octanol–water partition coefficient (Wildman–Crippen LogP) is 3.92. The van der Waals surface area contributed by atoms with E-state index in [0.29, 0.717) is 19.8 Å². The molecule has 0 fully saturated rings. The fourth-order valence-corrected chi connectivity index (χ4v) is 2.51. The Labute approximate surface area is 136 Å². The molecule has 1 aromatic heterocycles. The maximum atomic E-state index is 5.87. The zero-order chi connectivity index (χ0) is 15.9. The monoisotopic (exact) mass is 304 g/mol. The highest BCUT2D eigenvalue weighted by Crippen LogP contribution is 2.25. The van der Waals surface area contributed by atoms with E-state index in [0.717, 1.165) is 11.1 Å². The summed E-state index contributed by atoms with van der Waals surface area (Å²) in [6.45, 7) is 1.73. The fraction of sp³-hybridized carbons (Fsp3) is 0.150. The molecule has 0 aliphatic carbocycles. The molecule has 0 radical (unpaired) electrons. The van der Waals surface area contributed by atoms with Crippen molar-refractivity contribution in [1.82, 2.24) is 4.98 Å². The van der Waals surface area contributed by atoms with Crippen LogP contribution in [0.3, 0.4) is 0 Å². The molecule has 0 spiro atoms. The average molecular weight is 304 g/mol. The minimum Gasteiger partial charge on any atom is -0.372 e. The Balaban J connectivity index is 1.72. The lowest BCUT2D eigenvalue weighted by Crippen LogP contribution is -1.98. The van der Waals surface area contributed by atoms with Crippen molar-refractivity contribution in [3.8, 4) is 11.1 Å². The second kappa shape index (κ2) is 7.68. The van der Waals surface area contributed by atoms with Crippen molar-refractivity contribution in [3.05, 3.63) is 89.7 Å². The molecule has 3 nitrogen and oxygen atoms in total. The van der Waals surface area contributed by atoms with Crippen molar-refractivity contribution >= 4 is 0 Å². The van der Waals surface area contributed by atoms with Crippen molar-refractivity contribution in [2.45, 2.75) is 19.8 Å². The van der Waals surface area contributed by atoms with Crippen molar-refractivity contribution in [2.24, 2.45) is 5.73 Å². The summed E-state index contributed by atoms with van der Waals surface area (Å²) in [4.78, 5) is 4.02. The molecule has 23 heavy (non-hydrogen) atoms. The molecule has 0 amide bonds. The highest BCUT2D eigenvalue weighted by atomic mass is 16.5. The van der Waals surface area contributed by atoms with Gasteiger partial charge in [-0.1, -0.05) is 48.5 Å². The lowest BCUT2D eigenvalue weighted by Gasteiger charge is -2.11. The minimum absolute atomic E-state index is 0.566. The van der Waals surface area contributed by atoms with Gasteiger partial charge in [-0.25, -0.2) is 0 Å². The van der Waals surface area contributed by atoms with E-state index in [1.807, 2.05) is 18.2 Å². The Morgan fingerprint density at radius 2 is 1.52 bits per heavy atom. The van der Waals surface area contributed by atoms with Gasteiger partial charge in [0.1, 0.15) is 0 Å². The van der Waals surface area contributed by atoms with Crippen LogP contribution in [0.5, 0.6) is 0 Å². The van der Waals surface area contributed by atoms with Crippen molar-refractivity contribution in [3.63, 3.8) is 0 Å². The molecule has 0 aliphatic heterocycles. The SMILES string of the molecule is NCc1ccc(-c2ccccc2COCc2ccncc2)cc1. The van der Waals surface area contributed by atoms with E-state index in [1.165, 1.54) is 16.7 Å². The second-order valence-corrected chi connectivity index (χ2v) is 5.41. The predicted molar refractivity (Wildman–Crippen MR) is 92.5 cm³/mol. The summed E-state index contributed by atoms with van der Waals surface area (Å²) in [6.07, 6.45) is 3.57. The molecule has 0 saturated carbocycles. The highest BCUT2D eigenvalue weighted by molar-refractivity contribution is 5.67. The molecule has 0 aliphatic rings. The summed E-state index contributed by atoms with van der Waals surface area (Å²) in [6, 6.07) is 20.7. The van der Waals surface area contributed by atoms with Crippen LogP contribution in [0.2, 0.25) is 0 Å². The summed E-state index contributed by atoms with van der Waals surface area (Å²) in [5.41, 5.74) is 11.5. The Morgan fingerprint density at radius 1 is 0.783 bits per heavy atom. The first-order valence-electron chi connectivity index (χ1n) is 7.71. The average Bonchev–Trinajstić information content (AvgIpc) is 2.63. The lowest BCUT2D eigenvalue weighted by molar-refractivity contribution is 0.107. The number of hydrogen-bond donors (Lipinski definition) is 1. The third kappa shape index (κ3) is 4.03. The van der Waals surface area contributed by atoms with E-state index in [9.17, 15) is 0 Å². The van der Waals surface area contributed by atoms with Gasteiger partial charge in [-0.2, -0.15) is 0 Å². The molecule has 0 unspecified atom stereocenters. The van der Waals surface area contributed by atoms with E-state index in [4.69, 9.17) is 10.5 Å². The topological polar surface area (TPSA) is 48.1 Å². The summed E-state index contributed by atoms with van der Waals surface area (Å²) in [7, 11) is 0. The number of ether oxygens (including phenoxy) is 1. The smallest absolute Gasteiger partial charge is 0.0727 e. The Morgan fingerprint density at radius 3 is 2.26 bits per heavy atom. The third-order valence-electron chi connectivity index (χ3n) is 3.79. The van der Waals surface area contributed by atoms with Crippen LogP contribution >= 0.6 is 0 Å². The van der Waals surface area contributed by atoms with E-state index < -0.39 is 0 Å². The normalized spacial score (nSPS) is 10.7. The first-order valence-corrected chi connectivity index (χ1v) is 7.71. The number of nitrogens with two attached hydrogens (primary N) is 1. The molecule has 0 saturated heterocycles. The van der Waals surface area contributed by atoms with Gasteiger partial charge in [0.05, 0.1) is 13.2 Å². The summed E-state index contributed by atoms with van der Waals surface area (Å²) in [5, 5.41) is 0. The molecule has 0 bridgehead atoms. The second-order valence-electron chi connectivity index (χ2n) is 5.41. The van der Waals surface area contributed by atoms with Gasteiger partial charge < -0.3 is 10.5 Å². The van der Waals surface area contributed by atoms with Crippen LogP contribution in [-0.2, 0) is 24.5 Å². The number of pyridine rings is 1. The maximum absolute atomic E-state index is 5.87. The van der Waals surface area contributed by atoms with Crippen LogP contribution in [0.25, 0.3) is 11.1 Å². The van der Waals surface area contributed by atoms with Crippen molar-refractivity contribution < 1.29 is 4.74 Å². The van der Waals surface area contributed by atoms with Gasteiger partial charge in [-0.3, -0.25) is 4.98 Å². The largest absolute Gasteiger partial charge is 0.372 e. The summed E-state index contributed by atoms with van der Waals surface area (Å²) >= 11 is 0. The molecular weight excluding hydrogens is 284 g/mol. The maximum Gasteiger partial charge on any atom is 0.0727 e. The molecular formula is C20H20N2O. The zero-order valence-electron chi connectivity index (χ0n) is 13.0. The lowest BCUT2D eigenvalue weighted by atomic mass is 9.99. The quantitative estimate of drug-likeness (QED) is 0.750. The molecule has 2 aromatic carbocycles. The molecule has 116 valence electrons. The molecule has 1 heterocycles. The first kappa shape index (κ1) is 15.4. The third-order valence-corrected chi connectivity index (χ3v) is 3.79. The van der Waals surface area contributed by atoms with Gasteiger partial charge in [0, 0.05) is 18.9 Å². The van der Waals surface area contributed by atoms with Crippen LogP contribution in [-0.4, -0.2) is 4.98 Å². The summed E-state index contributed by atoms with van der Waals surface area (Å²) < 4.78 is 5.87. The Bertz CT molecular complexity index is 739. The Hall–Kier alpha value is -2.49. The Kier molecular flexibility index (Phi) is 5.14. The number of hydrogen-bond acceptors (Lipinski definition) is 3. The fourth-order valence-electron chi connectivity index (χ4n) is 2.51. The first-order chi connectivity index (χ1) is 11.4. The molecule has 3 aromatic rings. The van der Waals surface area contributed by atoms with Gasteiger partial charge >= 0.3 is 0 Å². The van der Waals surface area contributed by atoms with Crippen LogP contribution < -0.4 is 5.73 Å². The van der Waals surface area contributed by atoms with E-state index >= 15 is 0 Å². The van der Waals surface area contributed by atoms with Crippen molar-refractivity contribution in [2.75, 3.05) is 0 Å². The van der Waals surface area contributed by atoms with Gasteiger partial charge in [0.25, 0.3) is 0 Å². The number of rotatable bonds is 6. The van der Waals surface area contributed by atoms with E-state index in [2.05, 4.69) is 47.4 Å². The summed E-state index contributed by atoms with van der Waals surface area (Å²) in [5.74, 6) is 0. The zero-order valence-corrected chi connectivity index (χ0v) is 13.0. The molecule has 3 rings (SSSR count). The molecule has 2 N–H and O–H groups in total. The standard InChI is InChI=1S/C20H20N2O/c21-13-16-5-7-18(8-6-16)20-4-2-1-3-19(20)15-23-14-17-9-11-22-12-10-17/h1-12H,13-15,21H2. The van der Waals surface area contributed by atoms with Crippen molar-refractivity contribution in [1.29, 1.82) is 0 Å². The van der Waals surface area contributed by atoms with Crippen LogP contribution in [0.4, 0.5) is 0 Å². The molecule has 0 atom stereocenters. The highest BCUT2D eigenvalue weighted by Gasteiger charge is 2.05. The van der Waals surface area contributed by atoms with Crippen LogP contribution in [0, 0.1) is 0 Å². The van der Waals surface area contributed by atoms with Crippen LogP contribution in [0.15, 0.2) is 73.1 Å². The van der Waals surface area contributed by atoms with Crippen LogP contribution in [0.1, 0.15) is 16.7 Å². The minimum atomic E-state index is 0.566. The number of nitrogens with zero attached hydrogens (tertiary/aromatic N) is 1. The van der Waals surface area contributed by atoms with Gasteiger partial charge in [0.15, 0.2) is 0 Å².